The first-order chi connectivity index (χ1) is 16.1. The first kappa shape index (κ1) is 19.2. The summed E-state index contributed by atoms with van der Waals surface area (Å²) < 4.78 is 7.84. The highest BCUT2D eigenvalue weighted by molar-refractivity contribution is 14.1. The second-order valence-corrected chi connectivity index (χ2v) is 9.78. The fraction of sp³-hybridized carbons (Fsp3) is 0.148. The largest absolute Gasteiger partial charge is 0.455 e. The molecule has 5 nitrogen and oxygen atoms in total. The van der Waals surface area contributed by atoms with Crippen LogP contribution >= 0.6 is 22.6 Å². The lowest BCUT2D eigenvalue weighted by Crippen LogP contribution is -2.21. The van der Waals surface area contributed by atoms with E-state index in [4.69, 9.17) is 4.74 Å². The molecule has 7 rings (SSSR count). The molecule has 0 radical (unpaired) electrons. The molecule has 3 heterocycles. The molecule has 3 aliphatic rings. The number of anilines is 1. The van der Waals surface area contributed by atoms with Gasteiger partial charge in [0.05, 0.1) is 5.36 Å². The lowest BCUT2D eigenvalue weighted by molar-refractivity contribution is -0.118. The van der Waals surface area contributed by atoms with E-state index in [1.807, 2.05) is 24.3 Å². The normalized spacial score (nSPS) is 16.3. The van der Waals surface area contributed by atoms with Crippen LogP contribution < -0.4 is 20.6 Å². The Bertz CT molecular complexity index is 1720. The predicted octanol–water partition coefficient (Wildman–Crippen LogP) is 4.67. The monoisotopic (exact) mass is 544 g/mol. The third-order valence-electron chi connectivity index (χ3n) is 6.89. The minimum atomic E-state index is -0.0566. The highest BCUT2D eigenvalue weighted by Crippen LogP contribution is 2.45. The van der Waals surface area contributed by atoms with Crippen molar-refractivity contribution in [3.8, 4) is 11.5 Å². The highest BCUT2D eigenvalue weighted by atomic mass is 127. The molecule has 0 aromatic heterocycles. The summed E-state index contributed by atoms with van der Waals surface area (Å²) in [5.41, 5.74) is 4.25. The second kappa shape index (κ2) is 6.87. The van der Waals surface area contributed by atoms with Gasteiger partial charge >= 0.3 is 0 Å². The van der Waals surface area contributed by atoms with Gasteiger partial charge in [0.25, 0.3) is 0 Å². The molecular formula is C27H17IN2O3. The van der Waals surface area contributed by atoms with Gasteiger partial charge in [0.15, 0.2) is 0 Å². The molecule has 3 aliphatic heterocycles. The van der Waals surface area contributed by atoms with Crippen LogP contribution in [0.4, 0.5) is 5.69 Å². The molecule has 0 aliphatic carbocycles. The van der Waals surface area contributed by atoms with Crippen LogP contribution in [0.25, 0.3) is 25.1 Å². The number of halogens is 1. The molecule has 0 unspecified atom stereocenters. The fourth-order valence-electron chi connectivity index (χ4n) is 5.31. The molecule has 0 bridgehead atoms. The number of nitrogens with one attached hydrogen (secondary N) is 1. The summed E-state index contributed by atoms with van der Waals surface area (Å²) in [5.74, 6) is 1.71. The van der Waals surface area contributed by atoms with Gasteiger partial charge in [-0.15, -0.1) is 0 Å². The maximum atomic E-state index is 11.9. The summed E-state index contributed by atoms with van der Waals surface area (Å²) in [4.78, 5) is 27.9. The van der Waals surface area contributed by atoms with Crippen LogP contribution in [0.2, 0.25) is 0 Å². The van der Waals surface area contributed by atoms with Gasteiger partial charge in [-0.25, -0.2) is 4.99 Å². The van der Waals surface area contributed by atoms with Crippen LogP contribution in [0.15, 0.2) is 53.5 Å². The number of nitrogens with zero attached hydrogens (tertiary/aromatic N) is 1. The third-order valence-corrected chi connectivity index (χ3v) is 8.05. The van der Waals surface area contributed by atoms with Gasteiger partial charge in [-0.05, 0) is 93.7 Å². The Morgan fingerprint density at radius 1 is 0.758 bits per heavy atom. The maximum absolute atomic E-state index is 11.9. The first-order valence-corrected chi connectivity index (χ1v) is 12.1. The standard InChI is InChI=1S/C27H17IN2O3/c28-25-19-3-1-13-15-7-11-23(31)29-21(15)9-5-17(13)26(19)33-27-18-6-10-22-16(8-12-24(32)30-22)14(18)2-4-20(25)27/h1-6,9-10H,7-8,11-12H2,(H,29,31). The Balaban J connectivity index is 1.50. The number of aryl methyl sites for hydroxylation is 2. The van der Waals surface area contributed by atoms with Crippen molar-refractivity contribution in [1.29, 1.82) is 0 Å². The van der Waals surface area contributed by atoms with Crippen molar-refractivity contribution in [3.63, 3.8) is 0 Å². The van der Waals surface area contributed by atoms with Crippen LogP contribution in [-0.2, 0) is 22.4 Å². The lowest BCUT2D eigenvalue weighted by atomic mass is 9.92. The molecular weight excluding hydrogens is 527 g/mol. The van der Waals surface area contributed by atoms with Crippen molar-refractivity contribution >= 4 is 65.2 Å². The van der Waals surface area contributed by atoms with E-state index in [0.29, 0.717) is 19.3 Å². The summed E-state index contributed by atoms with van der Waals surface area (Å²) in [7, 11) is 0. The van der Waals surface area contributed by atoms with Gasteiger partial charge in [-0.3, -0.25) is 9.59 Å². The van der Waals surface area contributed by atoms with Crippen LogP contribution in [-0.4, -0.2) is 11.8 Å². The average Bonchev–Trinajstić information content (AvgIpc) is 2.83. The number of benzene rings is 4. The number of carbonyl (C=O) groups is 2. The Labute approximate surface area is 202 Å². The zero-order chi connectivity index (χ0) is 22.3. The fourth-order valence-corrected chi connectivity index (χ4v) is 6.16. The Hall–Kier alpha value is -3.26. The van der Waals surface area contributed by atoms with E-state index in [9.17, 15) is 9.59 Å². The van der Waals surface area contributed by atoms with E-state index in [2.05, 4.69) is 57.2 Å². The number of rotatable bonds is 0. The topological polar surface area (TPSA) is 67.8 Å². The molecule has 2 amide bonds. The number of fused-ring (bicyclic) bond motifs is 10. The summed E-state index contributed by atoms with van der Waals surface area (Å²) >= 11 is 2.41. The number of carbonyl (C=O) groups excluding carboxylic acids is 2. The van der Waals surface area contributed by atoms with Gasteiger partial charge in [0.1, 0.15) is 11.5 Å². The van der Waals surface area contributed by atoms with E-state index in [1.165, 1.54) is 0 Å². The van der Waals surface area contributed by atoms with Crippen LogP contribution in [0, 0.1) is 0 Å². The highest BCUT2D eigenvalue weighted by Gasteiger charge is 2.25. The maximum Gasteiger partial charge on any atom is 0.246 e. The summed E-state index contributed by atoms with van der Waals surface area (Å²) in [6.07, 6.45) is 2.38. The van der Waals surface area contributed by atoms with Crippen molar-refractivity contribution in [2.75, 3.05) is 5.32 Å². The summed E-state index contributed by atoms with van der Waals surface area (Å²) in [5, 5.41) is 9.14. The van der Waals surface area contributed by atoms with E-state index in [1.54, 1.807) is 0 Å². The molecule has 4 aromatic carbocycles. The zero-order valence-electron chi connectivity index (χ0n) is 17.5. The predicted molar refractivity (Wildman–Crippen MR) is 136 cm³/mol. The van der Waals surface area contributed by atoms with E-state index in [0.717, 1.165) is 76.0 Å². The molecule has 6 heteroatoms. The van der Waals surface area contributed by atoms with E-state index < -0.39 is 0 Å². The molecule has 0 atom stereocenters. The summed E-state index contributed by atoms with van der Waals surface area (Å²) in [6.45, 7) is 0. The van der Waals surface area contributed by atoms with Gasteiger partial charge < -0.3 is 10.1 Å². The lowest BCUT2D eigenvalue weighted by Gasteiger charge is -2.24. The minimum Gasteiger partial charge on any atom is -0.455 e. The van der Waals surface area contributed by atoms with Gasteiger partial charge in [0.2, 0.25) is 11.8 Å². The first-order valence-electron chi connectivity index (χ1n) is 11.0. The second-order valence-electron chi connectivity index (χ2n) is 8.70. The zero-order valence-corrected chi connectivity index (χ0v) is 19.7. The van der Waals surface area contributed by atoms with Crippen molar-refractivity contribution in [1.82, 2.24) is 0 Å². The molecule has 0 spiro atoms. The van der Waals surface area contributed by atoms with Crippen molar-refractivity contribution in [2.24, 2.45) is 4.99 Å². The van der Waals surface area contributed by atoms with E-state index in [-0.39, 0.29) is 11.8 Å². The summed E-state index contributed by atoms with van der Waals surface area (Å²) in [6, 6.07) is 16.5. The molecule has 4 aromatic rings. The van der Waals surface area contributed by atoms with E-state index >= 15 is 0 Å². The number of ether oxygens (including phenoxy) is 1. The van der Waals surface area contributed by atoms with Crippen LogP contribution in [0.1, 0.15) is 29.5 Å². The van der Waals surface area contributed by atoms with Crippen molar-refractivity contribution < 1.29 is 14.3 Å². The van der Waals surface area contributed by atoms with Crippen molar-refractivity contribution in [3.05, 3.63) is 75.8 Å². The van der Waals surface area contributed by atoms with Crippen LogP contribution in [0.3, 0.4) is 0 Å². The molecule has 33 heavy (non-hydrogen) atoms. The average molecular weight is 544 g/mol. The molecule has 0 saturated carbocycles. The Kier molecular flexibility index (Phi) is 4.00. The minimum absolute atomic E-state index is 0.0566. The molecule has 1 N–H and O–H groups in total. The third kappa shape index (κ3) is 2.73. The van der Waals surface area contributed by atoms with Crippen LogP contribution in [0.5, 0.6) is 11.5 Å². The number of hydrogen-bond donors (Lipinski definition) is 1. The molecule has 0 saturated heterocycles. The van der Waals surface area contributed by atoms with Gasteiger partial charge in [-0.1, -0.05) is 12.1 Å². The smallest absolute Gasteiger partial charge is 0.246 e. The molecule has 0 fully saturated rings. The van der Waals surface area contributed by atoms with Gasteiger partial charge in [-0.2, -0.15) is 0 Å². The Morgan fingerprint density at radius 2 is 1.48 bits per heavy atom. The number of amides is 2. The SMILES string of the molecule is O=C1CCc2c(ccc3c4c(ccc23)=C(I)c2ccc3c5c(ccc3c2O4)NC(=O)CC5)=N1. The van der Waals surface area contributed by atoms with Gasteiger partial charge in [0, 0.05) is 43.7 Å². The number of hydrogen-bond acceptors (Lipinski definition) is 3. The molecule has 160 valence electrons. The quantitative estimate of drug-likeness (QED) is 0.328. The van der Waals surface area contributed by atoms with Crippen molar-refractivity contribution in [2.45, 2.75) is 25.7 Å². The Morgan fingerprint density at radius 3 is 2.39 bits per heavy atom.